The second-order valence-electron chi connectivity index (χ2n) is 4.18. The summed E-state index contributed by atoms with van der Waals surface area (Å²) in [5.41, 5.74) is 10.0. The second kappa shape index (κ2) is 4.59. The first-order valence-electron chi connectivity index (χ1n) is 5.62. The molecule has 0 fully saturated rings. The molecule has 17 heavy (non-hydrogen) atoms. The molecule has 2 rings (SSSR count). The lowest BCUT2D eigenvalue weighted by Gasteiger charge is -2.05. The van der Waals surface area contributed by atoms with Crippen molar-refractivity contribution in [3.05, 3.63) is 46.8 Å². The van der Waals surface area contributed by atoms with E-state index in [0.29, 0.717) is 13.1 Å². The number of rotatable bonds is 3. The summed E-state index contributed by atoms with van der Waals surface area (Å²) in [4.78, 5) is 0. The van der Waals surface area contributed by atoms with Gasteiger partial charge in [0.15, 0.2) is 0 Å². The van der Waals surface area contributed by atoms with Crippen molar-refractivity contribution in [2.75, 3.05) is 0 Å². The summed E-state index contributed by atoms with van der Waals surface area (Å²) >= 11 is 0. The van der Waals surface area contributed by atoms with Crippen LogP contribution >= 0.6 is 0 Å². The minimum atomic E-state index is 0.282. The monoisotopic (exact) mass is 231 g/mol. The van der Waals surface area contributed by atoms with Crippen LogP contribution in [0.5, 0.6) is 5.75 Å². The van der Waals surface area contributed by atoms with E-state index in [4.69, 9.17) is 5.73 Å². The van der Waals surface area contributed by atoms with Gasteiger partial charge in [0.2, 0.25) is 0 Å². The molecule has 0 saturated heterocycles. The molecular weight excluding hydrogens is 214 g/mol. The fourth-order valence-electron chi connectivity index (χ4n) is 1.96. The Bertz CT molecular complexity index is 514. The number of benzene rings is 1. The predicted octanol–water partition coefficient (Wildman–Crippen LogP) is 1.71. The maximum absolute atomic E-state index is 9.22. The Kier molecular flexibility index (Phi) is 3.15. The van der Waals surface area contributed by atoms with Gasteiger partial charge in [-0.15, -0.1) is 0 Å². The summed E-state index contributed by atoms with van der Waals surface area (Å²) in [5, 5.41) is 13.7. The first-order chi connectivity index (χ1) is 8.11. The van der Waals surface area contributed by atoms with E-state index in [2.05, 4.69) is 5.10 Å². The van der Waals surface area contributed by atoms with E-state index in [1.807, 2.05) is 30.7 Å². The maximum atomic E-state index is 9.22. The van der Waals surface area contributed by atoms with Crippen LogP contribution in [0.4, 0.5) is 0 Å². The Balaban J connectivity index is 2.27. The fraction of sp³-hybridized carbons (Fsp3) is 0.308. The van der Waals surface area contributed by atoms with Crippen LogP contribution < -0.4 is 5.73 Å². The van der Waals surface area contributed by atoms with Crippen molar-refractivity contribution in [3.63, 3.8) is 0 Å². The predicted molar refractivity (Wildman–Crippen MR) is 66.8 cm³/mol. The number of nitrogens with zero attached hydrogens (tertiary/aromatic N) is 2. The van der Waals surface area contributed by atoms with Gasteiger partial charge in [0.05, 0.1) is 12.2 Å². The molecular formula is C13H17N3O. The van der Waals surface area contributed by atoms with Gasteiger partial charge >= 0.3 is 0 Å². The molecule has 0 unspecified atom stereocenters. The highest BCUT2D eigenvalue weighted by Crippen LogP contribution is 2.15. The van der Waals surface area contributed by atoms with E-state index in [1.165, 1.54) is 0 Å². The van der Waals surface area contributed by atoms with Crippen LogP contribution in [-0.4, -0.2) is 14.9 Å². The molecule has 0 amide bonds. The number of phenols is 1. The van der Waals surface area contributed by atoms with E-state index in [0.717, 1.165) is 22.5 Å². The highest BCUT2D eigenvalue weighted by Gasteiger charge is 2.09. The Morgan fingerprint density at radius 1 is 1.24 bits per heavy atom. The molecule has 1 heterocycles. The maximum Gasteiger partial charge on any atom is 0.115 e. The summed E-state index contributed by atoms with van der Waals surface area (Å²) < 4.78 is 1.95. The van der Waals surface area contributed by atoms with Gasteiger partial charge in [0.1, 0.15) is 5.75 Å². The minimum Gasteiger partial charge on any atom is -0.508 e. The third-order valence-corrected chi connectivity index (χ3v) is 3.00. The molecule has 0 spiro atoms. The molecule has 0 bridgehead atoms. The minimum absolute atomic E-state index is 0.282. The van der Waals surface area contributed by atoms with Crippen LogP contribution in [0.1, 0.15) is 22.5 Å². The molecule has 4 nitrogen and oxygen atoms in total. The molecule has 0 atom stereocenters. The summed E-state index contributed by atoms with van der Waals surface area (Å²) in [6, 6.07) is 7.16. The average molecular weight is 231 g/mol. The lowest BCUT2D eigenvalue weighted by atomic mass is 10.2. The van der Waals surface area contributed by atoms with Crippen molar-refractivity contribution in [1.82, 2.24) is 9.78 Å². The molecule has 0 aliphatic rings. The number of aromatic hydroxyl groups is 1. The lowest BCUT2D eigenvalue weighted by Crippen LogP contribution is -2.05. The summed E-state index contributed by atoms with van der Waals surface area (Å²) in [6.45, 7) is 5.23. The topological polar surface area (TPSA) is 64.1 Å². The molecule has 0 saturated carbocycles. The summed E-state index contributed by atoms with van der Waals surface area (Å²) in [5.74, 6) is 0.282. The van der Waals surface area contributed by atoms with Crippen LogP contribution in [0.25, 0.3) is 0 Å². The van der Waals surface area contributed by atoms with Gasteiger partial charge < -0.3 is 10.8 Å². The van der Waals surface area contributed by atoms with E-state index in [-0.39, 0.29) is 5.75 Å². The normalized spacial score (nSPS) is 10.8. The number of hydrogen-bond donors (Lipinski definition) is 2. The van der Waals surface area contributed by atoms with Crippen molar-refractivity contribution in [1.29, 1.82) is 0 Å². The third-order valence-electron chi connectivity index (χ3n) is 3.00. The number of hydrogen-bond acceptors (Lipinski definition) is 3. The molecule has 90 valence electrons. The van der Waals surface area contributed by atoms with Crippen molar-refractivity contribution < 1.29 is 5.11 Å². The van der Waals surface area contributed by atoms with Crippen molar-refractivity contribution in [2.24, 2.45) is 5.73 Å². The van der Waals surface area contributed by atoms with Gasteiger partial charge in [-0.05, 0) is 31.5 Å². The SMILES string of the molecule is Cc1nn(Cc2ccc(O)cc2)c(C)c1CN. The van der Waals surface area contributed by atoms with Gasteiger partial charge in [-0.1, -0.05) is 12.1 Å². The zero-order valence-electron chi connectivity index (χ0n) is 10.1. The van der Waals surface area contributed by atoms with Crippen LogP contribution in [0.3, 0.4) is 0 Å². The van der Waals surface area contributed by atoms with Gasteiger partial charge in [0, 0.05) is 17.8 Å². The van der Waals surface area contributed by atoms with Gasteiger partial charge in [-0.25, -0.2) is 0 Å². The molecule has 0 aliphatic heterocycles. The van der Waals surface area contributed by atoms with Gasteiger partial charge in [0.25, 0.3) is 0 Å². The van der Waals surface area contributed by atoms with Crippen molar-refractivity contribution >= 4 is 0 Å². The van der Waals surface area contributed by atoms with E-state index in [1.54, 1.807) is 12.1 Å². The van der Waals surface area contributed by atoms with Gasteiger partial charge in [-0.2, -0.15) is 5.10 Å². The highest BCUT2D eigenvalue weighted by atomic mass is 16.3. The van der Waals surface area contributed by atoms with Crippen LogP contribution in [-0.2, 0) is 13.1 Å². The molecule has 3 N–H and O–H groups in total. The Morgan fingerprint density at radius 2 is 1.88 bits per heavy atom. The quantitative estimate of drug-likeness (QED) is 0.845. The molecule has 0 radical (unpaired) electrons. The smallest absolute Gasteiger partial charge is 0.115 e. The van der Waals surface area contributed by atoms with E-state index < -0.39 is 0 Å². The van der Waals surface area contributed by atoms with Crippen LogP contribution in [0, 0.1) is 13.8 Å². The first kappa shape index (κ1) is 11.7. The zero-order valence-corrected chi connectivity index (χ0v) is 10.1. The van der Waals surface area contributed by atoms with E-state index >= 15 is 0 Å². The largest absolute Gasteiger partial charge is 0.508 e. The molecule has 2 aromatic rings. The third kappa shape index (κ3) is 2.31. The Hall–Kier alpha value is -1.81. The summed E-state index contributed by atoms with van der Waals surface area (Å²) in [7, 11) is 0. The molecule has 1 aromatic carbocycles. The van der Waals surface area contributed by atoms with Crippen molar-refractivity contribution in [2.45, 2.75) is 26.9 Å². The zero-order chi connectivity index (χ0) is 12.4. The number of nitrogens with two attached hydrogens (primary N) is 1. The average Bonchev–Trinajstić information content (AvgIpc) is 2.57. The van der Waals surface area contributed by atoms with Crippen molar-refractivity contribution in [3.8, 4) is 5.75 Å². The Morgan fingerprint density at radius 3 is 2.41 bits per heavy atom. The first-order valence-corrected chi connectivity index (χ1v) is 5.62. The number of phenolic OH excluding ortho intramolecular Hbond substituents is 1. The summed E-state index contributed by atoms with van der Waals surface area (Å²) in [6.07, 6.45) is 0. The lowest BCUT2D eigenvalue weighted by molar-refractivity contribution is 0.475. The molecule has 1 aromatic heterocycles. The van der Waals surface area contributed by atoms with Gasteiger partial charge in [-0.3, -0.25) is 4.68 Å². The molecule has 4 heteroatoms. The second-order valence-corrected chi connectivity index (χ2v) is 4.18. The highest BCUT2D eigenvalue weighted by molar-refractivity contribution is 5.28. The molecule has 0 aliphatic carbocycles. The number of aryl methyl sites for hydroxylation is 1. The Labute approximate surface area is 101 Å². The van der Waals surface area contributed by atoms with Crippen LogP contribution in [0.15, 0.2) is 24.3 Å². The van der Waals surface area contributed by atoms with E-state index in [9.17, 15) is 5.11 Å². The standard InChI is InChI=1S/C13H17N3O/c1-9-13(7-14)10(2)16(15-9)8-11-3-5-12(17)6-4-11/h3-6,17H,7-8,14H2,1-2H3. The number of aromatic nitrogens is 2. The van der Waals surface area contributed by atoms with Crippen LogP contribution in [0.2, 0.25) is 0 Å². The fourth-order valence-corrected chi connectivity index (χ4v) is 1.96.